The van der Waals surface area contributed by atoms with E-state index in [4.69, 9.17) is 4.74 Å². The molecule has 88 valence electrons. The Hall–Kier alpha value is -0.390. The van der Waals surface area contributed by atoms with E-state index in [9.17, 15) is 4.79 Å². The normalized spacial score (nSPS) is 12.2. The van der Waals surface area contributed by atoms with E-state index in [0.717, 1.165) is 14.5 Å². The predicted octanol–water partition coefficient (Wildman–Crippen LogP) is 3.04. The van der Waals surface area contributed by atoms with Crippen molar-refractivity contribution in [3.8, 4) is 0 Å². The first kappa shape index (κ1) is 13.7. The van der Waals surface area contributed by atoms with Gasteiger partial charge in [0.1, 0.15) is 6.04 Å². The molecule has 5 heteroatoms. The van der Waals surface area contributed by atoms with Crippen molar-refractivity contribution in [3.63, 3.8) is 0 Å². The molecule has 0 saturated heterocycles. The molecule has 0 saturated carbocycles. The quantitative estimate of drug-likeness (QED) is 0.848. The monoisotopic (exact) mass is 349 g/mol. The zero-order valence-corrected chi connectivity index (χ0v) is 12.3. The van der Waals surface area contributed by atoms with Crippen molar-refractivity contribution in [2.75, 3.05) is 13.7 Å². The van der Waals surface area contributed by atoms with Crippen molar-refractivity contribution < 1.29 is 9.53 Å². The van der Waals surface area contributed by atoms with Gasteiger partial charge in [-0.05, 0) is 56.1 Å². The third-order valence-corrected chi connectivity index (χ3v) is 4.00. The van der Waals surface area contributed by atoms with Crippen LogP contribution >= 0.6 is 31.9 Å². The zero-order valence-electron chi connectivity index (χ0n) is 9.09. The third-order valence-electron chi connectivity index (χ3n) is 2.12. The molecular formula is C11H13Br2NO2. The van der Waals surface area contributed by atoms with E-state index in [0.29, 0.717) is 6.54 Å². The van der Waals surface area contributed by atoms with E-state index >= 15 is 0 Å². The lowest BCUT2D eigenvalue weighted by Crippen LogP contribution is -2.29. The topological polar surface area (TPSA) is 38.3 Å². The first-order valence-corrected chi connectivity index (χ1v) is 6.45. The van der Waals surface area contributed by atoms with Crippen LogP contribution in [-0.2, 0) is 9.53 Å². The first-order chi connectivity index (χ1) is 7.60. The van der Waals surface area contributed by atoms with Gasteiger partial charge in [-0.15, -0.1) is 0 Å². The highest BCUT2D eigenvalue weighted by atomic mass is 79.9. The fraction of sp³-hybridized carbons (Fsp3) is 0.364. The van der Waals surface area contributed by atoms with Gasteiger partial charge >= 0.3 is 5.97 Å². The summed E-state index contributed by atoms with van der Waals surface area (Å²) in [6, 6.07) is 5.26. The minimum Gasteiger partial charge on any atom is -0.468 e. The van der Waals surface area contributed by atoms with Crippen molar-refractivity contribution >= 4 is 37.8 Å². The average Bonchev–Trinajstić information content (AvgIpc) is 2.29. The minimum absolute atomic E-state index is 0.281. The van der Waals surface area contributed by atoms with Crippen molar-refractivity contribution in [1.29, 1.82) is 0 Å². The van der Waals surface area contributed by atoms with E-state index < -0.39 is 6.04 Å². The SMILES string of the molecule is CCNC(C(=O)OC)c1ccc(Br)c(Br)c1. The van der Waals surface area contributed by atoms with Crippen LogP contribution in [-0.4, -0.2) is 19.6 Å². The molecule has 0 fully saturated rings. The number of carbonyl (C=O) groups excluding carboxylic acids is 1. The lowest BCUT2D eigenvalue weighted by Gasteiger charge is -2.16. The Morgan fingerprint density at radius 3 is 2.62 bits per heavy atom. The summed E-state index contributed by atoms with van der Waals surface area (Å²) in [5.41, 5.74) is 0.878. The highest BCUT2D eigenvalue weighted by Crippen LogP contribution is 2.26. The summed E-state index contributed by atoms with van der Waals surface area (Å²) in [6.07, 6.45) is 0. The van der Waals surface area contributed by atoms with Crippen LogP contribution in [0.2, 0.25) is 0 Å². The van der Waals surface area contributed by atoms with Crippen molar-refractivity contribution in [1.82, 2.24) is 5.32 Å². The molecular weight excluding hydrogens is 338 g/mol. The number of hydrogen-bond donors (Lipinski definition) is 1. The Balaban J connectivity index is 3.01. The predicted molar refractivity (Wildman–Crippen MR) is 70.3 cm³/mol. The van der Waals surface area contributed by atoms with E-state index in [1.54, 1.807) is 0 Å². The van der Waals surface area contributed by atoms with Crippen LogP contribution in [0, 0.1) is 0 Å². The second-order valence-electron chi connectivity index (χ2n) is 3.19. The molecule has 0 heterocycles. The number of hydrogen-bond acceptors (Lipinski definition) is 3. The molecule has 1 atom stereocenters. The molecule has 1 unspecified atom stereocenters. The number of ether oxygens (including phenoxy) is 1. The highest BCUT2D eigenvalue weighted by molar-refractivity contribution is 9.13. The standard InChI is InChI=1S/C11H13Br2NO2/c1-3-14-10(11(15)16-2)7-4-5-8(12)9(13)6-7/h4-6,10,14H,3H2,1-2H3. The molecule has 0 aromatic heterocycles. The molecule has 0 spiro atoms. The van der Waals surface area contributed by atoms with Gasteiger partial charge < -0.3 is 10.1 Å². The Morgan fingerprint density at radius 1 is 1.44 bits per heavy atom. The molecule has 0 radical (unpaired) electrons. The van der Waals surface area contributed by atoms with Gasteiger partial charge in [0.25, 0.3) is 0 Å². The molecule has 0 bridgehead atoms. The summed E-state index contributed by atoms with van der Waals surface area (Å²) in [5, 5.41) is 3.09. The van der Waals surface area contributed by atoms with Gasteiger partial charge in [0.15, 0.2) is 0 Å². The molecule has 1 rings (SSSR count). The number of halogens is 2. The van der Waals surface area contributed by atoms with Crippen molar-refractivity contribution in [2.24, 2.45) is 0 Å². The number of nitrogens with one attached hydrogen (secondary N) is 1. The Morgan fingerprint density at radius 2 is 2.12 bits per heavy atom. The van der Waals surface area contributed by atoms with Gasteiger partial charge in [-0.25, -0.2) is 4.79 Å². The van der Waals surface area contributed by atoms with E-state index in [-0.39, 0.29) is 5.97 Å². The third kappa shape index (κ3) is 3.30. The van der Waals surface area contributed by atoms with Gasteiger partial charge in [0.2, 0.25) is 0 Å². The first-order valence-electron chi connectivity index (χ1n) is 4.86. The highest BCUT2D eigenvalue weighted by Gasteiger charge is 2.20. The molecule has 1 aromatic rings. The van der Waals surface area contributed by atoms with Crippen LogP contribution in [0.15, 0.2) is 27.1 Å². The van der Waals surface area contributed by atoms with Crippen LogP contribution in [0.3, 0.4) is 0 Å². The summed E-state index contributed by atoms with van der Waals surface area (Å²) in [4.78, 5) is 11.6. The number of methoxy groups -OCH3 is 1. The van der Waals surface area contributed by atoms with Gasteiger partial charge in [0, 0.05) is 8.95 Å². The summed E-state index contributed by atoms with van der Waals surface area (Å²) in [5.74, 6) is -0.281. The summed E-state index contributed by atoms with van der Waals surface area (Å²) >= 11 is 6.80. The molecule has 0 aliphatic heterocycles. The summed E-state index contributed by atoms with van der Waals surface area (Å²) < 4.78 is 6.63. The molecule has 0 amide bonds. The Labute approximate surface area is 112 Å². The zero-order chi connectivity index (χ0) is 12.1. The maximum Gasteiger partial charge on any atom is 0.327 e. The number of rotatable bonds is 4. The number of carbonyl (C=O) groups is 1. The second-order valence-corrected chi connectivity index (χ2v) is 4.90. The molecule has 16 heavy (non-hydrogen) atoms. The number of likely N-dealkylation sites (N-methyl/N-ethyl adjacent to an activating group) is 1. The average molecular weight is 351 g/mol. The van der Waals surface area contributed by atoms with Crippen molar-refractivity contribution in [2.45, 2.75) is 13.0 Å². The minimum atomic E-state index is -0.417. The van der Waals surface area contributed by atoms with Crippen LogP contribution < -0.4 is 5.32 Å². The van der Waals surface area contributed by atoms with Crippen LogP contribution in [0.25, 0.3) is 0 Å². The van der Waals surface area contributed by atoms with E-state index in [2.05, 4.69) is 37.2 Å². The van der Waals surface area contributed by atoms with Crippen molar-refractivity contribution in [3.05, 3.63) is 32.7 Å². The molecule has 1 aromatic carbocycles. The number of esters is 1. The Bertz CT molecular complexity index is 382. The van der Waals surface area contributed by atoms with E-state index in [1.807, 2.05) is 25.1 Å². The van der Waals surface area contributed by atoms with Crippen LogP contribution in [0.5, 0.6) is 0 Å². The van der Waals surface area contributed by atoms with E-state index in [1.165, 1.54) is 7.11 Å². The molecule has 0 aliphatic rings. The van der Waals surface area contributed by atoms with Gasteiger partial charge in [0.05, 0.1) is 7.11 Å². The van der Waals surface area contributed by atoms with Crippen LogP contribution in [0.4, 0.5) is 0 Å². The smallest absolute Gasteiger partial charge is 0.327 e. The lowest BCUT2D eigenvalue weighted by molar-refractivity contribution is -0.143. The summed E-state index contributed by atoms with van der Waals surface area (Å²) in [7, 11) is 1.39. The molecule has 0 aliphatic carbocycles. The Kier molecular flexibility index (Phi) is 5.44. The summed E-state index contributed by atoms with van der Waals surface area (Å²) in [6.45, 7) is 2.65. The van der Waals surface area contributed by atoms with Crippen LogP contribution in [0.1, 0.15) is 18.5 Å². The molecule has 1 N–H and O–H groups in total. The fourth-order valence-corrected chi connectivity index (χ4v) is 1.99. The largest absolute Gasteiger partial charge is 0.468 e. The lowest BCUT2D eigenvalue weighted by atomic mass is 10.1. The maximum atomic E-state index is 11.6. The van der Waals surface area contributed by atoms with Gasteiger partial charge in [-0.1, -0.05) is 13.0 Å². The maximum absolute atomic E-state index is 11.6. The number of benzene rings is 1. The second kappa shape index (κ2) is 6.37. The fourth-order valence-electron chi connectivity index (χ4n) is 1.35. The molecule has 3 nitrogen and oxygen atoms in total. The van der Waals surface area contributed by atoms with Gasteiger partial charge in [-0.2, -0.15) is 0 Å². The van der Waals surface area contributed by atoms with Gasteiger partial charge in [-0.3, -0.25) is 0 Å².